The molecule has 0 aromatic heterocycles. The second-order valence-corrected chi connectivity index (χ2v) is 13.0. The first-order valence-corrected chi connectivity index (χ1v) is 15.4. The summed E-state index contributed by atoms with van der Waals surface area (Å²) >= 11 is 0. The zero-order valence-corrected chi connectivity index (χ0v) is 24.8. The van der Waals surface area contributed by atoms with Gasteiger partial charge >= 0.3 is 0 Å². The summed E-state index contributed by atoms with van der Waals surface area (Å²) in [6.45, 7) is 0. The van der Waals surface area contributed by atoms with Crippen LogP contribution in [0.3, 0.4) is 0 Å². The summed E-state index contributed by atoms with van der Waals surface area (Å²) in [6, 6.07) is 65.4. The molecular weight excluding hydrogens is 601 g/mol. The Hall–Kier alpha value is -3.16. The van der Waals surface area contributed by atoms with E-state index in [1.54, 1.807) is 0 Å². The molecule has 0 saturated heterocycles. The van der Waals surface area contributed by atoms with E-state index in [1.807, 2.05) is 12.1 Å². The van der Waals surface area contributed by atoms with E-state index in [-0.39, 0.29) is 20.4 Å². The standard InChI is InChI=1S/C18H15P.C18H14P.Pd/c2*1-4-10-16(11-5-1)19(17-12-6-2-7-13-17)18-14-8-3-9-15-18;/h1-15H;1-14H;/q;-1;. The van der Waals surface area contributed by atoms with Crippen molar-refractivity contribution in [2.24, 2.45) is 0 Å². The fourth-order valence-corrected chi connectivity index (χ4v) is 8.82. The molecule has 39 heavy (non-hydrogen) atoms. The van der Waals surface area contributed by atoms with Gasteiger partial charge in [0.15, 0.2) is 0 Å². The Bertz CT molecular complexity index is 1170. The van der Waals surface area contributed by atoms with Crippen molar-refractivity contribution in [2.75, 3.05) is 0 Å². The molecule has 3 heteroatoms. The molecule has 0 unspecified atom stereocenters. The molecule has 6 rings (SSSR count). The van der Waals surface area contributed by atoms with Gasteiger partial charge < -0.3 is 0 Å². The van der Waals surface area contributed by atoms with E-state index in [1.165, 1.54) is 31.8 Å². The van der Waals surface area contributed by atoms with Crippen LogP contribution in [0.5, 0.6) is 0 Å². The SMILES string of the molecule is [Pd].[c-]1ccccc1P(c1ccccc1)c1ccccc1.c1ccc(P(c2ccccc2)c2ccccc2)cc1. The Morgan fingerprint density at radius 3 is 0.872 bits per heavy atom. The van der Waals surface area contributed by atoms with E-state index in [0.29, 0.717) is 0 Å². The van der Waals surface area contributed by atoms with Gasteiger partial charge in [-0.1, -0.05) is 152 Å². The van der Waals surface area contributed by atoms with Crippen LogP contribution in [-0.4, -0.2) is 0 Å². The molecule has 194 valence electrons. The van der Waals surface area contributed by atoms with Crippen LogP contribution in [0.2, 0.25) is 0 Å². The fraction of sp³-hybridized carbons (Fsp3) is 0. The molecule has 0 aliphatic carbocycles. The van der Waals surface area contributed by atoms with Crippen LogP contribution < -0.4 is 31.8 Å². The van der Waals surface area contributed by atoms with E-state index < -0.39 is 15.8 Å². The molecule has 0 heterocycles. The minimum absolute atomic E-state index is 0. The maximum atomic E-state index is 3.39. The molecule has 6 aromatic rings. The van der Waals surface area contributed by atoms with Crippen molar-refractivity contribution in [2.45, 2.75) is 0 Å². The predicted molar refractivity (Wildman–Crippen MR) is 169 cm³/mol. The van der Waals surface area contributed by atoms with Crippen molar-refractivity contribution < 1.29 is 20.4 Å². The van der Waals surface area contributed by atoms with Crippen molar-refractivity contribution in [3.63, 3.8) is 0 Å². The summed E-state index contributed by atoms with van der Waals surface area (Å²) in [4.78, 5) is 0. The van der Waals surface area contributed by atoms with E-state index in [4.69, 9.17) is 0 Å². The minimum Gasteiger partial charge on any atom is -0.176 e. The maximum absolute atomic E-state index is 3.39. The fourth-order valence-electron chi connectivity index (χ4n) is 4.28. The van der Waals surface area contributed by atoms with Gasteiger partial charge in [0.05, 0.1) is 0 Å². The Kier molecular flexibility index (Phi) is 11.4. The van der Waals surface area contributed by atoms with Gasteiger partial charge in [-0.2, -0.15) is 30.3 Å². The van der Waals surface area contributed by atoms with Gasteiger partial charge in [-0.15, -0.1) is 5.30 Å². The third-order valence-electron chi connectivity index (χ3n) is 6.01. The van der Waals surface area contributed by atoms with Crippen molar-refractivity contribution in [1.82, 2.24) is 0 Å². The Labute approximate surface area is 249 Å². The van der Waals surface area contributed by atoms with Crippen LogP contribution in [0.4, 0.5) is 0 Å². The Balaban J connectivity index is 0.000000176. The van der Waals surface area contributed by atoms with Crippen molar-refractivity contribution in [3.8, 4) is 0 Å². The molecule has 0 aliphatic heterocycles. The average Bonchev–Trinajstić information content (AvgIpc) is 3.01. The largest absolute Gasteiger partial charge is 0.176 e. The van der Waals surface area contributed by atoms with Crippen LogP contribution >= 0.6 is 15.8 Å². The van der Waals surface area contributed by atoms with Crippen LogP contribution in [0.1, 0.15) is 0 Å². The zero-order valence-electron chi connectivity index (χ0n) is 21.5. The van der Waals surface area contributed by atoms with Crippen LogP contribution in [0.25, 0.3) is 0 Å². The van der Waals surface area contributed by atoms with Gasteiger partial charge in [0.25, 0.3) is 0 Å². The van der Waals surface area contributed by atoms with Gasteiger partial charge in [-0.3, -0.25) is 0 Å². The van der Waals surface area contributed by atoms with Crippen molar-refractivity contribution in [1.29, 1.82) is 0 Å². The van der Waals surface area contributed by atoms with E-state index in [9.17, 15) is 0 Å². The van der Waals surface area contributed by atoms with Gasteiger partial charge in [-0.25, -0.2) is 0 Å². The summed E-state index contributed by atoms with van der Waals surface area (Å²) in [7, 11) is -0.948. The molecular formula is C36H29P2Pd-. The maximum Gasteiger partial charge on any atom is 0 e. The topological polar surface area (TPSA) is 0 Å². The van der Waals surface area contributed by atoms with Gasteiger partial charge in [-0.05, 0) is 42.4 Å². The van der Waals surface area contributed by atoms with E-state index in [0.717, 1.165) is 0 Å². The second-order valence-electron chi connectivity index (χ2n) is 8.60. The minimum atomic E-state index is -0.502. The molecule has 0 atom stereocenters. The number of hydrogen-bond acceptors (Lipinski definition) is 0. The third kappa shape index (κ3) is 7.93. The molecule has 0 saturated carbocycles. The van der Waals surface area contributed by atoms with E-state index in [2.05, 4.69) is 170 Å². The summed E-state index contributed by atoms with van der Waals surface area (Å²) in [5.41, 5.74) is 0. The zero-order chi connectivity index (χ0) is 25.8. The average molecular weight is 630 g/mol. The van der Waals surface area contributed by atoms with Gasteiger partial charge in [0.2, 0.25) is 0 Å². The molecule has 0 N–H and O–H groups in total. The Morgan fingerprint density at radius 1 is 0.308 bits per heavy atom. The molecule has 6 aromatic carbocycles. The second kappa shape index (κ2) is 15.4. The molecule has 0 amide bonds. The predicted octanol–water partition coefficient (Wildman–Crippen LogP) is 6.69. The summed E-state index contributed by atoms with van der Waals surface area (Å²) in [5, 5.41) is 8.20. The quantitative estimate of drug-likeness (QED) is 0.110. The number of benzene rings is 6. The normalized spacial score (nSPS) is 10.3. The Morgan fingerprint density at radius 2 is 0.590 bits per heavy atom. The van der Waals surface area contributed by atoms with E-state index >= 15 is 0 Å². The first kappa shape index (κ1) is 28.8. The van der Waals surface area contributed by atoms with Crippen LogP contribution in [0, 0.1) is 6.07 Å². The summed E-state index contributed by atoms with van der Waals surface area (Å²) in [5.74, 6) is 0. The third-order valence-corrected chi connectivity index (χ3v) is 10.8. The molecule has 0 nitrogen and oxygen atoms in total. The first-order chi connectivity index (χ1) is 18.9. The summed E-state index contributed by atoms with van der Waals surface area (Å²) < 4.78 is 0. The molecule has 0 spiro atoms. The monoisotopic (exact) mass is 629 g/mol. The van der Waals surface area contributed by atoms with Crippen LogP contribution in [0.15, 0.2) is 176 Å². The van der Waals surface area contributed by atoms with Crippen molar-refractivity contribution >= 4 is 47.7 Å². The molecule has 0 radical (unpaired) electrons. The molecule has 0 aliphatic rings. The molecule has 0 bridgehead atoms. The summed E-state index contributed by atoms with van der Waals surface area (Å²) in [6.07, 6.45) is 0. The number of rotatable bonds is 6. The van der Waals surface area contributed by atoms with Gasteiger partial charge in [0.1, 0.15) is 0 Å². The van der Waals surface area contributed by atoms with Crippen LogP contribution in [-0.2, 0) is 20.4 Å². The van der Waals surface area contributed by atoms with Gasteiger partial charge in [0, 0.05) is 20.4 Å². The first-order valence-electron chi connectivity index (χ1n) is 12.7. The smallest absolute Gasteiger partial charge is 0 e. The van der Waals surface area contributed by atoms with Crippen molar-refractivity contribution in [3.05, 3.63) is 182 Å². The number of hydrogen-bond donors (Lipinski definition) is 0. The molecule has 0 fully saturated rings.